The predicted molar refractivity (Wildman–Crippen MR) is 75.8 cm³/mol. The number of aryl methyl sites for hydroxylation is 2. The Morgan fingerprint density at radius 3 is 2.63 bits per heavy atom. The van der Waals surface area contributed by atoms with E-state index in [1.165, 1.54) is 0 Å². The van der Waals surface area contributed by atoms with E-state index in [9.17, 15) is 9.90 Å². The zero-order valence-corrected chi connectivity index (χ0v) is 12.1. The molecule has 2 atom stereocenters. The van der Waals surface area contributed by atoms with Crippen LogP contribution < -0.4 is 4.90 Å². The molecule has 0 spiro atoms. The van der Waals surface area contributed by atoms with Crippen LogP contribution >= 0.6 is 0 Å². The molecule has 0 bridgehead atoms. The molecule has 104 valence electrons. The number of aromatic nitrogens is 1. The fourth-order valence-electron chi connectivity index (χ4n) is 2.80. The molecule has 2 heterocycles. The third kappa shape index (κ3) is 2.72. The van der Waals surface area contributed by atoms with E-state index in [2.05, 4.69) is 23.7 Å². The van der Waals surface area contributed by atoms with Gasteiger partial charge in [-0.05, 0) is 38.2 Å². The molecule has 1 aliphatic rings. The number of rotatable bonds is 2. The number of piperidine rings is 1. The van der Waals surface area contributed by atoms with Gasteiger partial charge < -0.3 is 10.0 Å². The number of nitrogens with zero attached hydrogens (tertiary/aromatic N) is 2. The molecule has 4 nitrogen and oxygen atoms in total. The highest BCUT2D eigenvalue weighted by Crippen LogP contribution is 2.30. The zero-order valence-electron chi connectivity index (χ0n) is 12.1. The van der Waals surface area contributed by atoms with Crippen molar-refractivity contribution >= 4 is 11.7 Å². The molecule has 2 rings (SSSR count). The number of hydrogen-bond donors (Lipinski definition) is 1. The summed E-state index contributed by atoms with van der Waals surface area (Å²) in [6, 6.07) is 1.90. The van der Waals surface area contributed by atoms with Gasteiger partial charge in [0.05, 0.1) is 11.4 Å². The molecule has 0 aromatic carbocycles. The van der Waals surface area contributed by atoms with Gasteiger partial charge in [-0.25, -0.2) is 4.79 Å². The molecule has 4 heteroatoms. The average Bonchev–Trinajstić information content (AvgIpc) is 2.31. The molecule has 1 aliphatic heterocycles. The largest absolute Gasteiger partial charge is 0.478 e. The van der Waals surface area contributed by atoms with E-state index in [0.29, 0.717) is 23.1 Å². The first-order valence-corrected chi connectivity index (χ1v) is 6.86. The van der Waals surface area contributed by atoms with Gasteiger partial charge in [0.25, 0.3) is 0 Å². The van der Waals surface area contributed by atoms with E-state index in [4.69, 9.17) is 0 Å². The fourth-order valence-corrected chi connectivity index (χ4v) is 2.80. The highest BCUT2D eigenvalue weighted by atomic mass is 16.4. The van der Waals surface area contributed by atoms with Crippen molar-refractivity contribution in [2.24, 2.45) is 11.8 Å². The monoisotopic (exact) mass is 262 g/mol. The topological polar surface area (TPSA) is 53.4 Å². The summed E-state index contributed by atoms with van der Waals surface area (Å²) in [7, 11) is 0. The third-order valence-corrected chi connectivity index (χ3v) is 4.20. The quantitative estimate of drug-likeness (QED) is 0.890. The van der Waals surface area contributed by atoms with Crippen molar-refractivity contribution in [1.29, 1.82) is 0 Å². The molecule has 0 amide bonds. The number of carboxylic acid groups (broad SMARTS) is 1. The van der Waals surface area contributed by atoms with Crippen molar-refractivity contribution in [3.8, 4) is 0 Å². The molecule has 1 fully saturated rings. The Hall–Kier alpha value is -1.58. The summed E-state index contributed by atoms with van der Waals surface area (Å²) in [4.78, 5) is 18.0. The summed E-state index contributed by atoms with van der Waals surface area (Å²) in [6.07, 6.45) is 1.11. The third-order valence-electron chi connectivity index (χ3n) is 4.20. The number of carbonyl (C=O) groups is 1. The predicted octanol–water partition coefficient (Wildman–Crippen LogP) is 2.88. The molecular weight excluding hydrogens is 240 g/mol. The number of pyridine rings is 1. The van der Waals surface area contributed by atoms with Crippen molar-refractivity contribution in [3.63, 3.8) is 0 Å². The first-order chi connectivity index (χ1) is 8.90. The Labute approximate surface area is 114 Å². The maximum Gasteiger partial charge on any atom is 0.339 e. The molecule has 1 N–H and O–H groups in total. The van der Waals surface area contributed by atoms with Crippen LogP contribution in [-0.4, -0.2) is 29.1 Å². The Kier molecular flexibility index (Phi) is 3.78. The van der Waals surface area contributed by atoms with Crippen LogP contribution in [0.25, 0.3) is 0 Å². The molecule has 0 radical (unpaired) electrons. The normalized spacial score (nSPS) is 23.5. The van der Waals surface area contributed by atoms with Crippen molar-refractivity contribution in [2.75, 3.05) is 18.0 Å². The Morgan fingerprint density at radius 1 is 1.37 bits per heavy atom. The van der Waals surface area contributed by atoms with Gasteiger partial charge in [-0.15, -0.1) is 0 Å². The maximum absolute atomic E-state index is 11.5. The van der Waals surface area contributed by atoms with Gasteiger partial charge in [-0.3, -0.25) is 4.98 Å². The van der Waals surface area contributed by atoms with Gasteiger partial charge in [0.2, 0.25) is 0 Å². The Bertz CT molecular complexity index is 499. The van der Waals surface area contributed by atoms with E-state index in [1.54, 1.807) is 6.92 Å². The maximum atomic E-state index is 11.5. The second kappa shape index (κ2) is 5.19. The van der Waals surface area contributed by atoms with Crippen molar-refractivity contribution < 1.29 is 9.90 Å². The first-order valence-electron chi connectivity index (χ1n) is 6.86. The molecule has 1 saturated heterocycles. The van der Waals surface area contributed by atoms with Crippen LogP contribution in [0.15, 0.2) is 6.07 Å². The molecule has 1 aromatic rings. The van der Waals surface area contributed by atoms with Crippen LogP contribution in [0.1, 0.15) is 42.0 Å². The van der Waals surface area contributed by atoms with Gasteiger partial charge in [-0.1, -0.05) is 13.8 Å². The van der Waals surface area contributed by atoms with Crippen molar-refractivity contribution in [1.82, 2.24) is 4.98 Å². The van der Waals surface area contributed by atoms with E-state index < -0.39 is 5.97 Å². The van der Waals surface area contributed by atoms with E-state index in [-0.39, 0.29) is 0 Å². The Balaban J connectivity index is 2.41. The van der Waals surface area contributed by atoms with E-state index in [1.807, 2.05) is 13.0 Å². The lowest BCUT2D eigenvalue weighted by Gasteiger charge is -2.37. The molecular formula is C15H22N2O2. The van der Waals surface area contributed by atoms with Crippen LogP contribution in [-0.2, 0) is 0 Å². The van der Waals surface area contributed by atoms with Crippen molar-refractivity contribution in [2.45, 2.75) is 34.1 Å². The summed E-state index contributed by atoms with van der Waals surface area (Å²) in [5.41, 5.74) is 2.67. The lowest BCUT2D eigenvalue weighted by atomic mass is 9.88. The van der Waals surface area contributed by atoms with Gasteiger partial charge in [0, 0.05) is 18.8 Å². The molecule has 2 unspecified atom stereocenters. The van der Waals surface area contributed by atoms with Crippen LogP contribution in [0.3, 0.4) is 0 Å². The second-order valence-electron chi connectivity index (χ2n) is 5.74. The minimum Gasteiger partial charge on any atom is -0.478 e. The van der Waals surface area contributed by atoms with Crippen LogP contribution in [0.4, 0.5) is 5.69 Å². The molecule has 0 aliphatic carbocycles. The SMILES string of the molecule is Cc1cc(N2CCC(C)C(C)C2)c(C(=O)O)c(C)n1. The summed E-state index contributed by atoms with van der Waals surface area (Å²) in [6.45, 7) is 10.0. The van der Waals surface area contributed by atoms with Gasteiger partial charge in [-0.2, -0.15) is 0 Å². The molecule has 1 aromatic heterocycles. The molecule has 0 saturated carbocycles. The van der Waals surface area contributed by atoms with E-state index in [0.717, 1.165) is 30.9 Å². The van der Waals surface area contributed by atoms with Gasteiger partial charge in [0.15, 0.2) is 0 Å². The lowest BCUT2D eigenvalue weighted by Crippen LogP contribution is -2.39. The van der Waals surface area contributed by atoms with Gasteiger partial charge in [0.1, 0.15) is 5.56 Å². The fraction of sp³-hybridized carbons (Fsp3) is 0.600. The second-order valence-corrected chi connectivity index (χ2v) is 5.74. The number of carboxylic acids is 1. The number of aromatic carboxylic acids is 1. The molecule has 19 heavy (non-hydrogen) atoms. The van der Waals surface area contributed by atoms with Crippen molar-refractivity contribution in [3.05, 3.63) is 23.0 Å². The van der Waals surface area contributed by atoms with Crippen LogP contribution in [0, 0.1) is 25.7 Å². The Morgan fingerprint density at radius 2 is 2.05 bits per heavy atom. The van der Waals surface area contributed by atoms with Gasteiger partial charge >= 0.3 is 5.97 Å². The highest BCUT2D eigenvalue weighted by molar-refractivity contribution is 5.95. The summed E-state index contributed by atoms with van der Waals surface area (Å²) < 4.78 is 0. The van der Waals surface area contributed by atoms with Crippen LogP contribution in [0.2, 0.25) is 0 Å². The smallest absolute Gasteiger partial charge is 0.339 e. The average molecular weight is 262 g/mol. The summed E-state index contributed by atoms with van der Waals surface area (Å²) >= 11 is 0. The standard InChI is InChI=1S/C15H22N2O2/c1-9-5-6-17(8-10(9)2)13-7-11(3)16-12(4)14(13)15(18)19/h7,9-10H,5-6,8H2,1-4H3,(H,18,19). The lowest BCUT2D eigenvalue weighted by molar-refractivity contribution is 0.0696. The minimum atomic E-state index is -0.883. The highest BCUT2D eigenvalue weighted by Gasteiger charge is 2.26. The summed E-state index contributed by atoms with van der Waals surface area (Å²) in [5, 5.41) is 9.42. The van der Waals surface area contributed by atoms with Crippen LogP contribution in [0.5, 0.6) is 0 Å². The first kappa shape index (κ1) is 13.8. The zero-order chi connectivity index (χ0) is 14.2. The summed E-state index contributed by atoms with van der Waals surface area (Å²) in [5.74, 6) is 0.406. The number of hydrogen-bond acceptors (Lipinski definition) is 3. The number of anilines is 1. The van der Waals surface area contributed by atoms with E-state index >= 15 is 0 Å². The minimum absolute atomic E-state index is 0.354.